The number of hydrogen-bond acceptors (Lipinski definition) is 4. The van der Waals surface area contributed by atoms with Crippen molar-refractivity contribution < 1.29 is 25.2 Å². The van der Waals surface area contributed by atoms with Crippen LogP contribution in [0.2, 0.25) is 0 Å². The van der Waals surface area contributed by atoms with Gasteiger partial charge < -0.3 is 20.4 Å². The summed E-state index contributed by atoms with van der Waals surface area (Å²) in [6.45, 7) is 6.72. The number of carbonyl (C=O) groups is 1. The Morgan fingerprint density at radius 1 is 1.03 bits per heavy atom. The zero-order chi connectivity index (χ0) is 21.1. The maximum Gasteiger partial charge on any atom is 0.303 e. The second-order valence-corrected chi connectivity index (χ2v) is 11.4. The standard InChI is InChI=1S/C24H40O5/c1-13(4-7-21(28)29)16-5-6-17-22-18(12-20(27)24(16,17)3)23(2)9-8-15(25)10-14(23)11-19(22)26/h13-20,22,25-27H,4-12H2,1-3H3,(H,28,29)/t13-,14-,15-,16?,17+,18?,19+,20-,22-,23?,24?/m1/s1. The molecule has 0 bridgehead atoms. The van der Waals surface area contributed by atoms with E-state index in [1.54, 1.807) is 0 Å². The molecule has 0 heterocycles. The van der Waals surface area contributed by atoms with Crippen molar-refractivity contribution in [2.24, 2.45) is 46.3 Å². The monoisotopic (exact) mass is 408 g/mol. The number of aliphatic hydroxyl groups excluding tert-OH is 3. The molecule has 0 spiro atoms. The molecular weight excluding hydrogens is 368 g/mol. The van der Waals surface area contributed by atoms with E-state index in [2.05, 4.69) is 20.8 Å². The fourth-order valence-corrected chi connectivity index (χ4v) is 8.68. The normalized spacial score (nSPS) is 52.9. The van der Waals surface area contributed by atoms with Crippen LogP contribution in [0.4, 0.5) is 0 Å². The van der Waals surface area contributed by atoms with Gasteiger partial charge in [-0.25, -0.2) is 0 Å². The average Bonchev–Trinajstić information content (AvgIpc) is 3.01. The summed E-state index contributed by atoms with van der Waals surface area (Å²) in [4.78, 5) is 11.1. The first-order valence-corrected chi connectivity index (χ1v) is 11.8. The van der Waals surface area contributed by atoms with Gasteiger partial charge in [-0.3, -0.25) is 4.79 Å². The molecule has 11 atom stereocenters. The molecular formula is C24H40O5. The van der Waals surface area contributed by atoms with Gasteiger partial charge in [0.1, 0.15) is 0 Å². The quantitative estimate of drug-likeness (QED) is 0.571. The fourth-order valence-electron chi connectivity index (χ4n) is 8.68. The lowest BCUT2D eigenvalue weighted by Crippen LogP contribution is -2.62. The van der Waals surface area contributed by atoms with Crippen molar-refractivity contribution in [2.75, 3.05) is 0 Å². The SMILES string of the molecule is C[C@H](CCC(=O)O)C1CC[C@H]2[C@@H]3C(C[C@@H](O)C12C)C1(C)CC[C@@H](O)C[C@@H]1C[C@@H]3O. The van der Waals surface area contributed by atoms with E-state index in [0.717, 1.165) is 44.9 Å². The van der Waals surface area contributed by atoms with Crippen molar-refractivity contribution in [1.82, 2.24) is 0 Å². The van der Waals surface area contributed by atoms with Crippen LogP contribution in [-0.2, 0) is 4.79 Å². The van der Waals surface area contributed by atoms with Crippen molar-refractivity contribution in [1.29, 1.82) is 0 Å². The summed E-state index contributed by atoms with van der Waals surface area (Å²) >= 11 is 0. The van der Waals surface area contributed by atoms with Crippen LogP contribution < -0.4 is 0 Å². The second kappa shape index (κ2) is 7.49. The molecule has 0 aromatic heterocycles. The van der Waals surface area contributed by atoms with E-state index >= 15 is 0 Å². The van der Waals surface area contributed by atoms with Crippen LogP contribution in [0, 0.1) is 46.3 Å². The van der Waals surface area contributed by atoms with Gasteiger partial charge in [0.2, 0.25) is 0 Å². The van der Waals surface area contributed by atoms with E-state index in [9.17, 15) is 20.1 Å². The molecule has 4 fully saturated rings. The van der Waals surface area contributed by atoms with Gasteiger partial charge in [0.25, 0.3) is 0 Å². The number of rotatable bonds is 4. The highest BCUT2D eigenvalue weighted by Gasteiger charge is 2.65. The Bertz CT molecular complexity index is 637. The Hall–Kier alpha value is -0.650. The van der Waals surface area contributed by atoms with Crippen LogP contribution in [0.3, 0.4) is 0 Å². The minimum atomic E-state index is -0.748. The first-order valence-electron chi connectivity index (χ1n) is 11.8. The molecule has 0 aromatic carbocycles. The van der Waals surface area contributed by atoms with Gasteiger partial charge in [0, 0.05) is 6.42 Å². The van der Waals surface area contributed by atoms with Crippen LogP contribution in [0.15, 0.2) is 0 Å². The van der Waals surface area contributed by atoms with Gasteiger partial charge in [0.05, 0.1) is 18.3 Å². The maximum absolute atomic E-state index is 11.5. The number of aliphatic hydroxyl groups is 3. The van der Waals surface area contributed by atoms with E-state index in [1.165, 1.54) is 0 Å². The highest BCUT2D eigenvalue weighted by atomic mass is 16.4. The van der Waals surface area contributed by atoms with Crippen molar-refractivity contribution in [3.05, 3.63) is 0 Å². The van der Waals surface area contributed by atoms with Gasteiger partial charge in [-0.05, 0) is 97.7 Å². The molecule has 0 saturated heterocycles. The van der Waals surface area contributed by atoms with Gasteiger partial charge in [-0.2, -0.15) is 0 Å². The van der Waals surface area contributed by atoms with Crippen LogP contribution in [0.5, 0.6) is 0 Å². The Morgan fingerprint density at radius 3 is 2.45 bits per heavy atom. The fraction of sp³-hybridized carbons (Fsp3) is 0.958. The first-order chi connectivity index (χ1) is 13.6. The predicted octanol–water partition coefficient (Wildman–Crippen LogP) is 3.45. The molecule has 4 saturated carbocycles. The second-order valence-electron chi connectivity index (χ2n) is 11.4. The zero-order valence-electron chi connectivity index (χ0n) is 18.3. The number of aliphatic carboxylic acids is 1. The lowest BCUT2D eigenvalue weighted by molar-refractivity contribution is -0.207. The van der Waals surface area contributed by atoms with Crippen LogP contribution in [0.1, 0.15) is 78.6 Å². The summed E-state index contributed by atoms with van der Waals surface area (Å²) in [6.07, 6.45) is 6.00. The molecule has 0 aliphatic heterocycles. The molecule has 0 aromatic rings. The number of carboxylic acids is 1. The Kier molecular flexibility index (Phi) is 5.57. The smallest absolute Gasteiger partial charge is 0.303 e. The molecule has 4 unspecified atom stereocenters. The van der Waals surface area contributed by atoms with Gasteiger partial charge in [-0.1, -0.05) is 20.8 Å². The van der Waals surface area contributed by atoms with E-state index in [4.69, 9.17) is 5.11 Å². The minimum Gasteiger partial charge on any atom is -0.481 e. The van der Waals surface area contributed by atoms with E-state index in [-0.39, 0.29) is 41.3 Å². The molecule has 5 nitrogen and oxygen atoms in total. The van der Waals surface area contributed by atoms with Crippen molar-refractivity contribution in [2.45, 2.75) is 96.9 Å². The predicted molar refractivity (Wildman–Crippen MR) is 110 cm³/mol. The summed E-state index contributed by atoms with van der Waals surface area (Å²) in [7, 11) is 0. The van der Waals surface area contributed by atoms with E-state index in [0.29, 0.717) is 30.1 Å². The maximum atomic E-state index is 11.5. The summed E-state index contributed by atoms with van der Waals surface area (Å²) < 4.78 is 0. The highest BCUT2D eigenvalue weighted by Crippen LogP contribution is 2.68. The van der Waals surface area contributed by atoms with Crippen molar-refractivity contribution in [3.63, 3.8) is 0 Å². The lowest BCUT2D eigenvalue weighted by atomic mass is 9.43. The van der Waals surface area contributed by atoms with E-state index < -0.39 is 12.1 Å². The largest absolute Gasteiger partial charge is 0.481 e. The third-order valence-corrected chi connectivity index (χ3v) is 10.3. The van der Waals surface area contributed by atoms with Gasteiger partial charge >= 0.3 is 5.97 Å². The topological polar surface area (TPSA) is 98.0 Å². The Labute approximate surface area is 174 Å². The molecule has 4 N–H and O–H groups in total. The molecule has 4 rings (SSSR count). The molecule has 0 amide bonds. The van der Waals surface area contributed by atoms with Crippen LogP contribution in [-0.4, -0.2) is 44.7 Å². The third kappa shape index (κ3) is 3.27. The van der Waals surface area contributed by atoms with E-state index in [1.807, 2.05) is 0 Å². The highest BCUT2D eigenvalue weighted by molar-refractivity contribution is 5.66. The number of fused-ring (bicyclic) bond motifs is 5. The Balaban J connectivity index is 1.61. The molecule has 5 heteroatoms. The molecule has 166 valence electrons. The third-order valence-electron chi connectivity index (χ3n) is 10.3. The average molecular weight is 409 g/mol. The molecule has 4 aliphatic carbocycles. The first kappa shape index (κ1) is 21.6. The zero-order valence-corrected chi connectivity index (χ0v) is 18.3. The Morgan fingerprint density at radius 2 is 1.76 bits per heavy atom. The summed E-state index contributed by atoms with van der Waals surface area (Å²) in [5.41, 5.74) is -0.143. The van der Waals surface area contributed by atoms with Gasteiger partial charge in [0.15, 0.2) is 0 Å². The summed E-state index contributed by atoms with van der Waals surface area (Å²) in [6, 6.07) is 0. The summed E-state index contributed by atoms with van der Waals surface area (Å²) in [5.74, 6) is 0.997. The molecule has 4 aliphatic rings. The summed E-state index contributed by atoms with van der Waals surface area (Å²) in [5, 5.41) is 42.0. The van der Waals surface area contributed by atoms with Crippen molar-refractivity contribution in [3.8, 4) is 0 Å². The lowest BCUT2D eigenvalue weighted by Gasteiger charge is -2.63. The molecule has 0 radical (unpaired) electrons. The van der Waals surface area contributed by atoms with Crippen molar-refractivity contribution >= 4 is 5.97 Å². The van der Waals surface area contributed by atoms with Gasteiger partial charge in [-0.15, -0.1) is 0 Å². The molecule has 29 heavy (non-hydrogen) atoms. The van der Waals surface area contributed by atoms with Crippen LogP contribution in [0.25, 0.3) is 0 Å². The number of hydrogen-bond donors (Lipinski definition) is 4. The number of carboxylic acid groups (broad SMARTS) is 1. The minimum absolute atomic E-state index is 0.0957. The van der Waals surface area contributed by atoms with Crippen LogP contribution >= 0.6 is 0 Å².